The van der Waals surface area contributed by atoms with Crippen LogP contribution >= 0.6 is 0 Å². The van der Waals surface area contributed by atoms with Crippen molar-refractivity contribution in [1.29, 1.82) is 0 Å². The van der Waals surface area contributed by atoms with E-state index in [1.165, 1.54) is 16.7 Å². The van der Waals surface area contributed by atoms with Crippen LogP contribution < -0.4 is 18.9 Å². The molecule has 2 aromatic carbocycles. The van der Waals surface area contributed by atoms with E-state index in [9.17, 15) is 4.79 Å². The monoisotopic (exact) mass is 599 g/mol. The number of fused-ring (bicyclic) bond motifs is 6. The van der Waals surface area contributed by atoms with Gasteiger partial charge in [0.2, 0.25) is 0 Å². The molecule has 4 aliphatic rings. The maximum absolute atomic E-state index is 13.2. The highest BCUT2D eigenvalue weighted by molar-refractivity contribution is 5.70. The summed E-state index contributed by atoms with van der Waals surface area (Å²) in [6.07, 6.45) is 3.94. The number of nitrogens with zero attached hydrogens (tertiary/aromatic N) is 3. The maximum Gasteiger partial charge on any atom is 0.306 e. The van der Waals surface area contributed by atoms with E-state index in [2.05, 4.69) is 46.0 Å². The number of benzene rings is 2. The number of aromatic nitrogens is 1. The Morgan fingerprint density at radius 1 is 0.977 bits per heavy atom. The van der Waals surface area contributed by atoms with E-state index in [-0.39, 0.29) is 48.6 Å². The summed E-state index contributed by atoms with van der Waals surface area (Å²) >= 11 is 0. The van der Waals surface area contributed by atoms with Gasteiger partial charge in [0, 0.05) is 42.0 Å². The van der Waals surface area contributed by atoms with Crippen LogP contribution in [0.15, 0.2) is 48.7 Å². The molecule has 7 rings (SSSR count). The Hall–Kier alpha value is -3.82. The second kappa shape index (κ2) is 11.0. The van der Waals surface area contributed by atoms with Gasteiger partial charge in [-0.15, -0.1) is 0 Å². The zero-order valence-electron chi connectivity index (χ0n) is 26.3. The Morgan fingerprint density at radius 2 is 1.66 bits per heavy atom. The topological polar surface area (TPSA) is 82.6 Å². The van der Waals surface area contributed by atoms with Crippen molar-refractivity contribution in [3.8, 4) is 23.0 Å². The van der Waals surface area contributed by atoms with Gasteiger partial charge < -0.3 is 23.7 Å². The molecule has 5 heterocycles. The largest absolute Gasteiger partial charge is 0.493 e. The molecule has 9 heteroatoms. The molecule has 9 nitrogen and oxygen atoms in total. The third-order valence-corrected chi connectivity index (χ3v) is 10.5. The van der Waals surface area contributed by atoms with Crippen molar-refractivity contribution in [1.82, 2.24) is 14.8 Å². The van der Waals surface area contributed by atoms with Gasteiger partial charge in [-0.05, 0) is 78.4 Å². The van der Waals surface area contributed by atoms with Crippen molar-refractivity contribution in [3.05, 3.63) is 76.6 Å². The summed E-state index contributed by atoms with van der Waals surface area (Å²) in [4.78, 5) is 22.9. The van der Waals surface area contributed by atoms with Gasteiger partial charge in [0.15, 0.2) is 23.0 Å². The van der Waals surface area contributed by atoms with E-state index in [1.54, 1.807) is 34.6 Å². The van der Waals surface area contributed by atoms with Crippen LogP contribution in [0.2, 0.25) is 0 Å². The zero-order valence-corrected chi connectivity index (χ0v) is 26.3. The highest BCUT2D eigenvalue weighted by Crippen LogP contribution is 2.63. The minimum absolute atomic E-state index is 0.0300. The van der Waals surface area contributed by atoms with Crippen LogP contribution in [0.25, 0.3) is 0 Å². The van der Waals surface area contributed by atoms with E-state index < -0.39 is 0 Å². The van der Waals surface area contributed by atoms with Crippen LogP contribution in [0, 0.1) is 0 Å². The summed E-state index contributed by atoms with van der Waals surface area (Å²) in [5.41, 5.74) is 5.79. The first kappa shape index (κ1) is 28.9. The molecule has 0 N–H and O–H groups in total. The molecule has 232 valence electrons. The molecule has 4 aliphatic heterocycles. The van der Waals surface area contributed by atoms with Crippen LogP contribution in [-0.4, -0.2) is 74.4 Å². The van der Waals surface area contributed by atoms with Gasteiger partial charge in [-0.3, -0.25) is 19.6 Å². The summed E-state index contributed by atoms with van der Waals surface area (Å²) in [5.74, 6) is 2.66. The Labute approximate surface area is 259 Å². The van der Waals surface area contributed by atoms with Gasteiger partial charge in [-0.25, -0.2) is 0 Å². The number of piperazine rings is 1. The molecule has 1 aromatic heterocycles. The SMILES string of the molecule is COc1cc2c(cc1OC)C(COC(=O)CC(C)c1ccccn1)N1CC3CC4(C)c5cc(OC)c(OC)cc5C(C1C2)N34. The number of rotatable bonds is 9. The minimum atomic E-state index is -0.217. The average Bonchev–Trinajstić information content (AvgIpc) is 3.26. The predicted octanol–water partition coefficient (Wildman–Crippen LogP) is 5.18. The van der Waals surface area contributed by atoms with Gasteiger partial charge in [-0.1, -0.05) is 13.0 Å². The molecule has 2 saturated heterocycles. The lowest BCUT2D eigenvalue weighted by Crippen LogP contribution is -2.71. The van der Waals surface area contributed by atoms with Crippen molar-refractivity contribution in [2.75, 3.05) is 41.6 Å². The number of carbonyl (C=O) groups is 1. The van der Waals surface area contributed by atoms with Gasteiger partial charge in [0.05, 0.1) is 46.9 Å². The van der Waals surface area contributed by atoms with Crippen molar-refractivity contribution < 1.29 is 28.5 Å². The lowest BCUT2D eigenvalue weighted by Gasteiger charge is -2.64. The number of ether oxygens (including phenoxy) is 5. The molecule has 0 bridgehead atoms. The molecule has 0 amide bonds. The molecule has 6 unspecified atom stereocenters. The standard InChI is InChI=1S/C35H41N3O6/c1-20(26-9-7-8-10-36-26)11-33(39)44-19-28-23-14-30(41-4)29(40-3)13-21(23)12-27-34-24-15-31(42-5)32(43-6)16-25(24)35(2)17-22(38(34)35)18-37(27)28/h7-10,13-16,20,22,27-28,34H,11-12,17-19H2,1-6H3. The summed E-state index contributed by atoms with van der Waals surface area (Å²) < 4.78 is 29.0. The Bertz CT molecular complexity index is 1580. The van der Waals surface area contributed by atoms with E-state index in [1.807, 2.05) is 25.1 Å². The maximum atomic E-state index is 13.2. The lowest BCUT2D eigenvalue weighted by molar-refractivity contribution is -0.170. The second-order valence-corrected chi connectivity index (χ2v) is 12.7. The molecule has 44 heavy (non-hydrogen) atoms. The smallest absolute Gasteiger partial charge is 0.306 e. The van der Waals surface area contributed by atoms with Crippen LogP contribution in [0.5, 0.6) is 23.0 Å². The Balaban J connectivity index is 1.24. The van der Waals surface area contributed by atoms with Gasteiger partial charge in [0.25, 0.3) is 0 Å². The molecular formula is C35H41N3O6. The lowest BCUT2D eigenvalue weighted by atomic mass is 9.74. The second-order valence-electron chi connectivity index (χ2n) is 12.7. The van der Waals surface area contributed by atoms with Crippen molar-refractivity contribution in [2.24, 2.45) is 0 Å². The third kappa shape index (κ3) is 4.35. The summed E-state index contributed by atoms with van der Waals surface area (Å²) in [5, 5.41) is 0. The van der Waals surface area contributed by atoms with Crippen LogP contribution in [-0.2, 0) is 21.5 Å². The van der Waals surface area contributed by atoms with Gasteiger partial charge in [-0.2, -0.15) is 0 Å². The van der Waals surface area contributed by atoms with Crippen LogP contribution in [0.1, 0.15) is 72.6 Å². The molecule has 2 fully saturated rings. The first-order valence-corrected chi connectivity index (χ1v) is 15.4. The van der Waals surface area contributed by atoms with E-state index in [4.69, 9.17) is 23.7 Å². The molecule has 0 spiro atoms. The molecule has 0 saturated carbocycles. The quantitative estimate of drug-likeness (QED) is 0.309. The predicted molar refractivity (Wildman–Crippen MR) is 165 cm³/mol. The molecular weight excluding hydrogens is 558 g/mol. The summed E-state index contributed by atoms with van der Waals surface area (Å²) in [6.45, 7) is 5.54. The fourth-order valence-corrected chi connectivity index (χ4v) is 8.45. The van der Waals surface area contributed by atoms with Crippen LogP contribution in [0.3, 0.4) is 0 Å². The first-order chi connectivity index (χ1) is 21.3. The molecule has 3 aromatic rings. The fourth-order valence-electron chi connectivity index (χ4n) is 8.45. The Kier molecular flexibility index (Phi) is 7.21. The number of esters is 1. The molecule has 6 atom stereocenters. The highest BCUT2D eigenvalue weighted by atomic mass is 16.5. The van der Waals surface area contributed by atoms with Gasteiger partial charge >= 0.3 is 5.97 Å². The number of hydrogen-bond acceptors (Lipinski definition) is 9. The minimum Gasteiger partial charge on any atom is -0.493 e. The zero-order chi connectivity index (χ0) is 30.7. The van der Waals surface area contributed by atoms with Crippen LogP contribution in [0.4, 0.5) is 0 Å². The highest BCUT2D eigenvalue weighted by Gasteiger charge is 2.64. The Morgan fingerprint density at radius 3 is 2.34 bits per heavy atom. The number of carbonyl (C=O) groups excluding carboxylic acids is 1. The van der Waals surface area contributed by atoms with E-state index in [0.29, 0.717) is 17.5 Å². The fraction of sp³-hybridized carbons (Fsp3) is 0.486. The first-order valence-electron chi connectivity index (χ1n) is 15.4. The molecule has 0 aliphatic carbocycles. The number of methoxy groups -OCH3 is 4. The van der Waals surface area contributed by atoms with E-state index >= 15 is 0 Å². The third-order valence-electron chi connectivity index (χ3n) is 10.5. The summed E-state index contributed by atoms with van der Waals surface area (Å²) in [6, 6.07) is 15.0. The average molecular weight is 600 g/mol. The van der Waals surface area contributed by atoms with E-state index in [0.717, 1.165) is 42.1 Å². The van der Waals surface area contributed by atoms with Crippen molar-refractivity contribution in [2.45, 2.75) is 68.7 Å². The summed E-state index contributed by atoms with van der Waals surface area (Å²) in [7, 11) is 6.73. The van der Waals surface area contributed by atoms with Crippen molar-refractivity contribution in [3.63, 3.8) is 0 Å². The number of hydrogen-bond donors (Lipinski definition) is 0. The van der Waals surface area contributed by atoms with Gasteiger partial charge in [0.1, 0.15) is 6.61 Å². The number of pyridine rings is 1. The van der Waals surface area contributed by atoms with Crippen molar-refractivity contribution >= 4 is 5.97 Å². The normalized spacial score (nSPS) is 27.1. The molecule has 0 radical (unpaired) electrons.